The van der Waals surface area contributed by atoms with E-state index < -0.39 is 59.8 Å². The average molecular weight is 811 g/mol. The smallest absolute Gasteiger partial charge is 0.397 e. The number of esters is 1. The van der Waals surface area contributed by atoms with E-state index in [4.69, 9.17) is 23.5 Å². The normalized spacial score (nSPS) is 20.9. The Labute approximate surface area is 335 Å². The predicted molar refractivity (Wildman–Crippen MR) is 216 cm³/mol. The summed E-state index contributed by atoms with van der Waals surface area (Å²) in [6, 6.07) is 0. The Kier molecular flexibility index (Phi) is 33.2. The van der Waals surface area contributed by atoms with Crippen LogP contribution in [0.1, 0.15) is 200 Å². The van der Waals surface area contributed by atoms with Crippen LogP contribution >= 0.6 is 0 Å². The molecular formula is C42H82O12S. The minimum atomic E-state index is -5.05. The van der Waals surface area contributed by atoms with Crippen LogP contribution in [0.15, 0.2) is 0 Å². The molecule has 1 rings (SSSR count). The SMILES string of the molecule is CCCCCCCCCCCCCCCCCCC(=O)OC(COCCCCCCCCCCCCCC)COC1OC(CO)C(O)C(OS(=O)(=O)O)C1O. The zero-order chi connectivity index (χ0) is 40.4. The Bertz CT molecular complexity index is 984. The Balaban J connectivity index is 2.42. The summed E-state index contributed by atoms with van der Waals surface area (Å²) in [5, 5.41) is 30.6. The lowest BCUT2D eigenvalue weighted by atomic mass is 9.99. The van der Waals surface area contributed by atoms with Gasteiger partial charge in [-0.25, -0.2) is 4.18 Å². The molecule has 0 aliphatic carbocycles. The molecule has 0 bridgehead atoms. The van der Waals surface area contributed by atoms with Crippen molar-refractivity contribution < 1.29 is 56.2 Å². The maximum atomic E-state index is 12.8. The van der Waals surface area contributed by atoms with E-state index in [9.17, 15) is 28.5 Å². The van der Waals surface area contributed by atoms with E-state index in [2.05, 4.69) is 18.0 Å². The van der Waals surface area contributed by atoms with Crippen molar-refractivity contribution in [2.24, 2.45) is 0 Å². The number of aliphatic hydroxyl groups is 3. The number of aliphatic hydroxyl groups excluding tert-OH is 3. The molecule has 0 radical (unpaired) electrons. The van der Waals surface area contributed by atoms with E-state index >= 15 is 0 Å². The van der Waals surface area contributed by atoms with Gasteiger partial charge in [-0.1, -0.05) is 181 Å². The van der Waals surface area contributed by atoms with Crippen molar-refractivity contribution in [1.82, 2.24) is 0 Å². The fourth-order valence-electron chi connectivity index (χ4n) is 7.09. The lowest BCUT2D eigenvalue weighted by Gasteiger charge is -2.41. The zero-order valence-electron chi connectivity index (χ0n) is 34.8. The van der Waals surface area contributed by atoms with Crippen LogP contribution in [0.2, 0.25) is 0 Å². The van der Waals surface area contributed by atoms with Crippen LogP contribution in [0, 0.1) is 0 Å². The molecule has 0 saturated carbocycles. The summed E-state index contributed by atoms with van der Waals surface area (Å²) in [6.07, 6.45) is 25.6. The van der Waals surface area contributed by atoms with Gasteiger partial charge in [-0.2, -0.15) is 8.42 Å². The topological polar surface area (TPSA) is 178 Å². The Morgan fingerprint density at radius 3 is 1.45 bits per heavy atom. The molecule has 0 aromatic rings. The Morgan fingerprint density at radius 1 is 0.618 bits per heavy atom. The van der Waals surface area contributed by atoms with Crippen molar-refractivity contribution in [2.75, 3.05) is 26.4 Å². The van der Waals surface area contributed by atoms with E-state index in [0.717, 1.165) is 38.5 Å². The second-order valence-electron chi connectivity index (χ2n) is 15.7. The highest BCUT2D eigenvalue weighted by molar-refractivity contribution is 7.80. The van der Waals surface area contributed by atoms with Gasteiger partial charge in [0.1, 0.15) is 30.5 Å². The van der Waals surface area contributed by atoms with Crippen LogP contribution < -0.4 is 0 Å². The van der Waals surface area contributed by atoms with Crippen molar-refractivity contribution >= 4 is 16.4 Å². The monoisotopic (exact) mass is 811 g/mol. The van der Waals surface area contributed by atoms with Crippen molar-refractivity contribution in [3.63, 3.8) is 0 Å². The molecule has 328 valence electrons. The number of carbonyl (C=O) groups is 1. The molecule has 0 aromatic heterocycles. The third kappa shape index (κ3) is 29.0. The third-order valence-corrected chi connectivity index (χ3v) is 10.9. The van der Waals surface area contributed by atoms with Gasteiger partial charge in [0.15, 0.2) is 6.29 Å². The van der Waals surface area contributed by atoms with Crippen LogP contribution in [-0.4, -0.2) is 97.5 Å². The summed E-state index contributed by atoms with van der Waals surface area (Å²) in [6.45, 7) is 4.02. The van der Waals surface area contributed by atoms with E-state index in [1.54, 1.807) is 0 Å². The number of ether oxygens (including phenoxy) is 4. The highest BCUT2D eigenvalue weighted by atomic mass is 32.3. The van der Waals surface area contributed by atoms with Crippen LogP contribution in [0.25, 0.3) is 0 Å². The Morgan fingerprint density at radius 2 is 1.04 bits per heavy atom. The molecule has 1 aliphatic heterocycles. The number of hydrogen-bond acceptors (Lipinski definition) is 11. The molecule has 1 aliphatic rings. The van der Waals surface area contributed by atoms with Gasteiger partial charge in [0.05, 0.1) is 19.8 Å². The van der Waals surface area contributed by atoms with Crippen LogP contribution in [0.5, 0.6) is 0 Å². The number of hydrogen-bond donors (Lipinski definition) is 4. The minimum Gasteiger partial charge on any atom is -0.457 e. The first-order chi connectivity index (χ1) is 26.6. The van der Waals surface area contributed by atoms with Gasteiger partial charge < -0.3 is 34.3 Å². The predicted octanol–water partition coefficient (Wildman–Crippen LogP) is 8.91. The average Bonchev–Trinajstić information content (AvgIpc) is 3.15. The van der Waals surface area contributed by atoms with Gasteiger partial charge in [-0.3, -0.25) is 9.35 Å². The molecule has 6 unspecified atom stereocenters. The number of rotatable bonds is 39. The van der Waals surface area contributed by atoms with E-state index in [-0.39, 0.29) is 19.6 Å². The lowest BCUT2D eigenvalue weighted by molar-refractivity contribution is -0.301. The molecule has 6 atom stereocenters. The van der Waals surface area contributed by atoms with E-state index in [1.807, 2.05) is 0 Å². The summed E-state index contributed by atoms with van der Waals surface area (Å²) in [7, 11) is -5.05. The molecular weight excluding hydrogens is 729 g/mol. The molecule has 1 fully saturated rings. The molecule has 4 N–H and O–H groups in total. The van der Waals surface area contributed by atoms with E-state index in [0.29, 0.717) is 13.0 Å². The highest BCUT2D eigenvalue weighted by Gasteiger charge is 2.48. The largest absolute Gasteiger partial charge is 0.457 e. The van der Waals surface area contributed by atoms with Gasteiger partial charge in [-0.15, -0.1) is 0 Å². The van der Waals surface area contributed by atoms with Gasteiger partial charge in [0, 0.05) is 13.0 Å². The van der Waals surface area contributed by atoms with E-state index in [1.165, 1.54) is 135 Å². The highest BCUT2D eigenvalue weighted by Crippen LogP contribution is 2.26. The maximum absolute atomic E-state index is 12.8. The quantitative estimate of drug-likeness (QED) is 0.0264. The molecule has 0 aromatic carbocycles. The van der Waals surface area contributed by atoms with Crippen molar-refractivity contribution in [3.8, 4) is 0 Å². The summed E-state index contributed by atoms with van der Waals surface area (Å²) in [5.74, 6) is -0.394. The number of unbranched alkanes of at least 4 members (excludes halogenated alkanes) is 26. The summed E-state index contributed by atoms with van der Waals surface area (Å²) < 4.78 is 59.0. The van der Waals surface area contributed by atoms with Gasteiger partial charge in [-0.05, 0) is 12.8 Å². The van der Waals surface area contributed by atoms with Crippen LogP contribution in [0.3, 0.4) is 0 Å². The first-order valence-electron chi connectivity index (χ1n) is 22.3. The van der Waals surface area contributed by atoms with Crippen molar-refractivity contribution in [1.29, 1.82) is 0 Å². The first-order valence-corrected chi connectivity index (χ1v) is 23.7. The molecule has 0 spiro atoms. The molecule has 0 amide bonds. The van der Waals surface area contributed by atoms with Crippen molar-refractivity contribution in [2.45, 2.75) is 237 Å². The minimum absolute atomic E-state index is 0.0442. The standard InChI is InChI=1S/C42H82O12S/c1-3-5-7-9-11-13-15-17-18-19-20-21-23-25-27-29-31-38(44)52-36(34-50-32-30-28-26-24-22-16-14-12-10-8-6-4-2)35-51-42-40(46)41(54-55(47,48)49)39(45)37(33-43)53-42/h36-37,39-43,45-46H,3-35H2,1-2H3,(H,47,48,49). The molecule has 13 heteroatoms. The molecule has 55 heavy (non-hydrogen) atoms. The zero-order valence-corrected chi connectivity index (χ0v) is 35.6. The third-order valence-electron chi connectivity index (χ3n) is 10.5. The molecule has 1 heterocycles. The fourth-order valence-corrected chi connectivity index (χ4v) is 7.59. The van der Waals surface area contributed by atoms with Gasteiger partial charge in [0.2, 0.25) is 0 Å². The Hall–Kier alpha value is -0.900. The van der Waals surface area contributed by atoms with Gasteiger partial charge in [0.25, 0.3) is 0 Å². The lowest BCUT2D eigenvalue weighted by Crippen LogP contribution is -2.60. The second-order valence-corrected chi connectivity index (χ2v) is 16.7. The van der Waals surface area contributed by atoms with Gasteiger partial charge >= 0.3 is 16.4 Å². The van der Waals surface area contributed by atoms with Crippen molar-refractivity contribution in [3.05, 3.63) is 0 Å². The summed E-state index contributed by atoms with van der Waals surface area (Å²) in [4.78, 5) is 12.8. The summed E-state index contributed by atoms with van der Waals surface area (Å²) in [5.41, 5.74) is 0. The van der Waals surface area contributed by atoms with Crippen LogP contribution in [-0.2, 0) is 38.3 Å². The van der Waals surface area contributed by atoms with Crippen LogP contribution in [0.4, 0.5) is 0 Å². The maximum Gasteiger partial charge on any atom is 0.397 e. The number of carbonyl (C=O) groups excluding carboxylic acids is 1. The summed E-state index contributed by atoms with van der Waals surface area (Å²) >= 11 is 0. The molecule has 1 saturated heterocycles. The fraction of sp³-hybridized carbons (Fsp3) is 0.976. The second kappa shape index (κ2) is 35.1. The first kappa shape index (κ1) is 52.1. The molecule has 12 nitrogen and oxygen atoms in total.